The molecule has 0 saturated heterocycles. The molecule has 1 N–H and O–H groups in total. The van der Waals surface area contributed by atoms with Crippen molar-refractivity contribution in [3.63, 3.8) is 0 Å². The van der Waals surface area contributed by atoms with Gasteiger partial charge in [0.25, 0.3) is 5.91 Å². The minimum atomic E-state index is -4.55. The molecule has 4 aromatic rings. The first kappa shape index (κ1) is 19.4. The molecule has 1 amide bonds. The number of halogens is 3. The Morgan fingerprint density at radius 3 is 2.20 bits per heavy atom. The van der Waals surface area contributed by atoms with Crippen LogP contribution >= 0.6 is 0 Å². The van der Waals surface area contributed by atoms with E-state index in [0.717, 1.165) is 12.1 Å². The first-order chi connectivity index (χ1) is 14.3. The molecule has 0 aliphatic heterocycles. The van der Waals surface area contributed by atoms with Crippen LogP contribution in [-0.2, 0) is 6.18 Å². The van der Waals surface area contributed by atoms with Crippen LogP contribution in [0.25, 0.3) is 21.9 Å². The molecule has 3 aromatic carbocycles. The third-order valence-electron chi connectivity index (χ3n) is 4.55. The van der Waals surface area contributed by atoms with Gasteiger partial charge in [0.05, 0.1) is 10.9 Å². The number of carbonyl (C=O) groups excluding carboxylic acids is 1. The summed E-state index contributed by atoms with van der Waals surface area (Å²) in [6, 6.07) is 19.8. The third-order valence-corrected chi connectivity index (χ3v) is 4.55. The smallest absolute Gasteiger partial charge is 0.416 e. The molecule has 30 heavy (non-hydrogen) atoms. The van der Waals surface area contributed by atoms with Gasteiger partial charge in [-0.05, 0) is 29.8 Å². The molecule has 0 aliphatic carbocycles. The molecule has 0 fully saturated rings. The number of alkyl halides is 3. The normalized spacial score (nSPS) is 11.4. The lowest BCUT2D eigenvalue weighted by Crippen LogP contribution is -2.17. The van der Waals surface area contributed by atoms with Crippen LogP contribution in [0.2, 0.25) is 0 Å². The van der Waals surface area contributed by atoms with Crippen molar-refractivity contribution in [1.29, 1.82) is 0 Å². The molecule has 0 saturated carbocycles. The van der Waals surface area contributed by atoms with Crippen molar-refractivity contribution < 1.29 is 22.4 Å². The number of fused-ring (bicyclic) bond motifs is 1. The van der Waals surface area contributed by atoms with Gasteiger partial charge in [-0.2, -0.15) is 13.2 Å². The van der Waals surface area contributed by atoms with Gasteiger partial charge >= 0.3 is 11.8 Å². The van der Waals surface area contributed by atoms with Crippen LogP contribution in [-0.4, -0.2) is 5.91 Å². The van der Waals surface area contributed by atoms with Gasteiger partial charge in [-0.15, -0.1) is 0 Å². The Hall–Kier alpha value is -3.87. The fourth-order valence-corrected chi connectivity index (χ4v) is 3.21. The predicted molar refractivity (Wildman–Crippen MR) is 107 cm³/mol. The van der Waals surface area contributed by atoms with Crippen LogP contribution in [0, 0.1) is 0 Å². The summed E-state index contributed by atoms with van der Waals surface area (Å²) in [5.41, 5.74) is -0.658. The maximum absolute atomic E-state index is 13.0. The van der Waals surface area contributed by atoms with E-state index in [1.165, 1.54) is 12.1 Å². The van der Waals surface area contributed by atoms with Gasteiger partial charge in [0.15, 0.2) is 0 Å². The summed E-state index contributed by atoms with van der Waals surface area (Å²) in [5.74, 6) is -1.10. The highest BCUT2D eigenvalue weighted by Crippen LogP contribution is 2.33. The number of benzene rings is 3. The fraction of sp³-hybridized carbons (Fsp3) is 0.0435. The predicted octanol–water partition coefficient (Wildman–Crippen LogP) is 5.73. The highest BCUT2D eigenvalue weighted by molar-refractivity contribution is 6.11. The molecule has 0 spiro atoms. The number of nitrogens with one attached hydrogen (secondary N) is 1. The van der Waals surface area contributed by atoms with E-state index >= 15 is 0 Å². The van der Waals surface area contributed by atoms with Crippen molar-refractivity contribution in [2.24, 2.45) is 0 Å². The SMILES string of the molecule is O=C(Nc1cccc(C(F)(F)F)c1)c1oc(=O)c2ccccc2c1-c1ccccc1. The number of amides is 1. The minimum Gasteiger partial charge on any atom is -0.416 e. The van der Waals surface area contributed by atoms with E-state index in [4.69, 9.17) is 4.42 Å². The molecule has 0 unspecified atom stereocenters. The van der Waals surface area contributed by atoms with Crippen LogP contribution in [0.15, 0.2) is 88.1 Å². The Morgan fingerprint density at radius 2 is 1.50 bits per heavy atom. The molecule has 0 atom stereocenters. The molecule has 1 aromatic heterocycles. The van der Waals surface area contributed by atoms with Gasteiger partial charge in [-0.3, -0.25) is 4.79 Å². The van der Waals surface area contributed by atoms with Gasteiger partial charge in [0, 0.05) is 16.6 Å². The summed E-state index contributed by atoms with van der Waals surface area (Å²) in [7, 11) is 0. The highest BCUT2D eigenvalue weighted by Gasteiger charge is 2.30. The second kappa shape index (κ2) is 7.51. The van der Waals surface area contributed by atoms with Crippen LogP contribution in [0.5, 0.6) is 0 Å². The minimum absolute atomic E-state index is 0.0651. The van der Waals surface area contributed by atoms with E-state index in [2.05, 4.69) is 5.32 Å². The van der Waals surface area contributed by atoms with Gasteiger partial charge in [-0.25, -0.2) is 4.79 Å². The summed E-state index contributed by atoms with van der Waals surface area (Å²) in [5, 5.41) is 3.21. The van der Waals surface area contributed by atoms with E-state index in [1.807, 2.05) is 0 Å². The molecule has 0 radical (unpaired) electrons. The van der Waals surface area contributed by atoms with Crippen molar-refractivity contribution in [2.75, 3.05) is 5.32 Å². The van der Waals surface area contributed by atoms with Crippen LogP contribution < -0.4 is 10.9 Å². The average molecular weight is 409 g/mol. The Morgan fingerprint density at radius 1 is 0.833 bits per heavy atom. The zero-order valence-corrected chi connectivity index (χ0v) is 15.4. The summed E-state index contributed by atoms with van der Waals surface area (Å²) < 4.78 is 44.2. The second-order valence-electron chi connectivity index (χ2n) is 6.54. The Kier molecular flexibility index (Phi) is 4.87. The molecular formula is C23H14F3NO3. The molecule has 0 bridgehead atoms. The molecule has 150 valence electrons. The van der Waals surface area contributed by atoms with Crippen molar-refractivity contribution in [1.82, 2.24) is 0 Å². The number of hydrogen-bond donors (Lipinski definition) is 1. The van der Waals surface area contributed by atoms with Crippen LogP contribution in [0.3, 0.4) is 0 Å². The zero-order chi connectivity index (χ0) is 21.3. The Labute approximate surface area is 168 Å². The van der Waals surface area contributed by atoms with Gasteiger partial charge in [-0.1, -0.05) is 54.6 Å². The first-order valence-electron chi connectivity index (χ1n) is 8.94. The summed E-state index contributed by atoms with van der Waals surface area (Å²) >= 11 is 0. The maximum atomic E-state index is 13.0. The maximum Gasteiger partial charge on any atom is 0.416 e. The molecule has 4 rings (SSSR count). The Balaban J connectivity index is 1.85. The summed E-state index contributed by atoms with van der Waals surface area (Å²) in [6.07, 6.45) is -4.55. The summed E-state index contributed by atoms with van der Waals surface area (Å²) in [6.45, 7) is 0. The third kappa shape index (κ3) is 3.69. The van der Waals surface area contributed by atoms with Crippen LogP contribution in [0.1, 0.15) is 16.1 Å². The lowest BCUT2D eigenvalue weighted by atomic mass is 9.98. The van der Waals surface area contributed by atoms with E-state index in [1.54, 1.807) is 54.6 Å². The standard InChI is InChI=1S/C23H14F3NO3/c24-23(25,26)15-9-6-10-16(13-15)27-21(28)20-19(14-7-2-1-3-8-14)17-11-4-5-12-18(17)22(29)30-20/h1-13H,(H,27,28). The Bertz CT molecular complexity index is 1290. The second-order valence-corrected chi connectivity index (χ2v) is 6.54. The summed E-state index contributed by atoms with van der Waals surface area (Å²) in [4.78, 5) is 25.4. The quantitative estimate of drug-likeness (QED) is 0.470. The largest absolute Gasteiger partial charge is 0.416 e. The van der Waals surface area contributed by atoms with E-state index in [-0.39, 0.29) is 11.4 Å². The number of rotatable bonds is 3. The topological polar surface area (TPSA) is 59.3 Å². The number of carbonyl (C=O) groups is 1. The van der Waals surface area contributed by atoms with Crippen molar-refractivity contribution >= 4 is 22.4 Å². The molecular weight excluding hydrogens is 395 g/mol. The van der Waals surface area contributed by atoms with Gasteiger partial charge in [0.1, 0.15) is 0 Å². The molecule has 0 aliphatic rings. The van der Waals surface area contributed by atoms with Crippen molar-refractivity contribution in [3.8, 4) is 11.1 Å². The molecule has 1 heterocycles. The van der Waals surface area contributed by atoms with Gasteiger partial charge < -0.3 is 9.73 Å². The van der Waals surface area contributed by atoms with Crippen molar-refractivity contribution in [3.05, 3.63) is 101 Å². The number of hydrogen-bond acceptors (Lipinski definition) is 3. The monoisotopic (exact) mass is 409 g/mol. The van der Waals surface area contributed by atoms with Crippen LogP contribution in [0.4, 0.5) is 18.9 Å². The van der Waals surface area contributed by atoms with E-state index in [0.29, 0.717) is 21.9 Å². The zero-order valence-electron chi connectivity index (χ0n) is 15.4. The lowest BCUT2D eigenvalue weighted by Gasteiger charge is -2.13. The first-order valence-corrected chi connectivity index (χ1v) is 8.94. The van der Waals surface area contributed by atoms with Crippen molar-refractivity contribution in [2.45, 2.75) is 6.18 Å². The van der Waals surface area contributed by atoms with Gasteiger partial charge in [0.2, 0.25) is 5.76 Å². The molecule has 7 heteroatoms. The molecule has 4 nitrogen and oxygen atoms in total. The fourth-order valence-electron chi connectivity index (χ4n) is 3.21. The average Bonchev–Trinajstić information content (AvgIpc) is 2.74. The highest BCUT2D eigenvalue weighted by atomic mass is 19.4. The van der Waals surface area contributed by atoms with E-state index in [9.17, 15) is 22.8 Å². The number of anilines is 1. The van der Waals surface area contributed by atoms with E-state index < -0.39 is 23.3 Å². The lowest BCUT2D eigenvalue weighted by molar-refractivity contribution is -0.137.